The van der Waals surface area contributed by atoms with Crippen LogP contribution in [0.4, 0.5) is 0 Å². The molecule has 1 heterocycles. The second-order valence-corrected chi connectivity index (χ2v) is 6.63. The van der Waals surface area contributed by atoms with Crippen molar-refractivity contribution in [1.29, 1.82) is 5.26 Å². The van der Waals surface area contributed by atoms with Crippen LogP contribution in [0.25, 0.3) is 0 Å². The smallest absolute Gasteiger partial charge is 0.326 e. The number of aliphatic carboxylic acids is 1. The fraction of sp³-hybridized carbons (Fsp3) is 0.286. The first kappa shape index (κ1) is 19.4. The van der Waals surface area contributed by atoms with Crippen LogP contribution >= 0.6 is 0 Å². The number of nitrogens with one attached hydrogen (secondary N) is 2. The van der Waals surface area contributed by atoms with Crippen LogP contribution in [-0.2, 0) is 16.0 Å². The number of nitrogens with zero attached hydrogens (tertiary/aromatic N) is 1. The number of hydrogen-bond donors (Lipinski definition) is 3. The maximum Gasteiger partial charge on any atom is 0.326 e. The van der Waals surface area contributed by atoms with E-state index < -0.39 is 12.0 Å². The predicted molar refractivity (Wildman–Crippen MR) is 102 cm³/mol. The van der Waals surface area contributed by atoms with Gasteiger partial charge in [-0.05, 0) is 61.3 Å². The molecule has 1 saturated heterocycles. The Morgan fingerprint density at radius 1 is 1.18 bits per heavy atom. The Bertz CT molecular complexity index is 866. The molecular formula is C21H21N3O4. The van der Waals surface area contributed by atoms with Crippen LogP contribution in [0.1, 0.15) is 24.0 Å². The third kappa shape index (κ3) is 5.09. The molecule has 7 nitrogen and oxygen atoms in total. The number of ether oxygens (including phenoxy) is 1. The van der Waals surface area contributed by atoms with Gasteiger partial charge in [0.05, 0.1) is 17.7 Å². The summed E-state index contributed by atoms with van der Waals surface area (Å²) in [6.07, 6.45) is 1.82. The lowest BCUT2D eigenvalue weighted by molar-refractivity contribution is -0.142. The minimum absolute atomic E-state index is 0.185. The first-order valence-electron chi connectivity index (χ1n) is 9.08. The van der Waals surface area contributed by atoms with Crippen molar-refractivity contribution in [1.82, 2.24) is 10.6 Å². The minimum Gasteiger partial charge on any atom is -0.480 e. The van der Waals surface area contributed by atoms with E-state index >= 15 is 0 Å². The Morgan fingerprint density at radius 2 is 1.82 bits per heavy atom. The Morgan fingerprint density at radius 3 is 2.36 bits per heavy atom. The third-order valence-electron chi connectivity index (χ3n) is 4.57. The summed E-state index contributed by atoms with van der Waals surface area (Å²) in [6.45, 7) is 0.774. The number of carboxylic acids is 1. The molecule has 0 bridgehead atoms. The van der Waals surface area contributed by atoms with E-state index in [1.807, 2.05) is 6.07 Å². The van der Waals surface area contributed by atoms with Gasteiger partial charge in [-0.1, -0.05) is 12.1 Å². The molecule has 0 spiro atoms. The van der Waals surface area contributed by atoms with E-state index in [9.17, 15) is 14.7 Å². The average molecular weight is 379 g/mol. The Kier molecular flexibility index (Phi) is 6.25. The highest BCUT2D eigenvalue weighted by Crippen LogP contribution is 2.22. The first-order valence-corrected chi connectivity index (χ1v) is 9.08. The maximum atomic E-state index is 12.2. The second-order valence-electron chi connectivity index (χ2n) is 6.63. The number of hydrogen-bond acceptors (Lipinski definition) is 5. The molecule has 1 aliphatic heterocycles. The monoisotopic (exact) mass is 379 g/mol. The molecule has 0 radical (unpaired) electrons. The van der Waals surface area contributed by atoms with Crippen LogP contribution in [0, 0.1) is 11.3 Å². The number of rotatable bonds is 7. The minimum atomic E-state index is -1.07. The van der Waals surface area contributed by atoms with Crippen molar-refractivity contribution in [2.45, 2.75) is 31.3 Å². The molecule has 0 unspecified atom stereocenters. The van der Waals surface area contributed by atoms with Gasteiger partial charge in [-0.3, -0.25) is 4.79 Å². The van der Waals surface area contributed by atoms with E-state index in [2.05, 4.69) is 10.6 Å². The van der Waals surface area contributed by atoms with Crippen LogP contribution in [-0.4, -0.2) is 35.6 Å². The zero-order chi connectivity index (χ0) is 19.9. The first-order chi connectivity index (χ1) is 13.5. The highest BCUT2D eigenvalue weighted by Gasteiger charge is 2.27. The van der Waals surface area contributed by atoms with Gasteiger partial charge in [0.25, 0.3) is 0 Å². The third-order valence-corrected chi connectivity index (χ3v) is 4.57. The summed E-state index contributed by atoms with van der Waals surface area (Å²) in [4.78, 5) is 23.7. The van der Waals surface area contributed by atoms with E-state index in [-0.39, 0.29) is 18.4 Å². The van der Waals surface area contributed by atoms with Gasteiger partial charge < -0.3 is 20.5 Å². The normalized spacial score (nSPS) is 16.8. The number of amides is 1. The fourth-order valence-corrected chi connectivity index (χ4v) is 3.04. The topological polar surface area (TPSA) is 111 Å². The largest absolute Gasteiger partial charge is 0.480 e. The summed E-state index contributed by atoms with van der Waals surface area (Å²) in [5.74, 6) is -0.138. The number of nitriles is 1. The molecule has 2 atom stereocenters. The molecule has 0 aromatic heterocycles. The summed E-state index contributed by atoms with van der Waals surface area (Å²) < 4.78 is 5.71. The number of carboxylic acid groups (broad SMARTS) is 1. The maximum absolute atomic E-state index is 12.2. The van der Waals surface area contributed by atoms with Crippen LogP contribution in [0.5, 0.6) is 11.5 Å². The van der Waals surface area contributed by atoms with Crippen molar-refractivity contribution in [2.75, 3.05) is 6.54 Å². The lowest BCUT2D eigenvalue weighted by Gasteiger charge is -2.18. The number of carbonyl (C=O) groups excluding carboxylic acids is 1. The molecule has 3 rings (SSSR count). The molecule has 28 heavy (non-hydrogen) atoms. The van der Waals surface area contributed by atoms with Crippen molar-refractivity contribution < 1.29 is 19.4 Å². The van der Waals surface area contributed by atoms with E-state index in [4.69, 9.17) is 10.00 Å². The molecule has 7 heteroatoms. The molecule has 2 aromatic rings. The van der Waals surface area contributed by atoms with E-state index in [1.165, 1.54) is 0 Å². The Hall–Kier alpha value is -3.37. The van der Waals surface area contributed by atoms with E-state index in [1.54, 1.807) is 48.5 Å². The lowest BCUT2D eigenvalue weighted by atomic mass is 10.1. The van der Waals surface area contributed by atoms with Crippen molar-refractivity contribution in [3.8, 4) is 17.6 Å². The zero-order valence-corrected chi connectivity index (χ0v) is 15.2. The molecule has 1 fully saturated rings. The van der Waals surface area contributed by atoms with Gasteiger partial charge in [0.2, 0.25) is 5.91 Å². The second kappa shape index (κ2) is 9.02. The molecule has 144 valence electrons. The van der Waals surface area contributed by atoms with Crippen molar-refractivity contribution in [3.63, 3.8) is 0 Å². The molecular weight excluding hydrogens is 358 g/mol. The average Bonchev–Trinajstić information content (AvgIpc) is 3.24. The number of benzene rings is 2. The van der Waals surface area contributed by atoms with Crippen LogP contribution in [0.3, 0.4) is 0 Å². The van der Waals surface area contributed by atoms with Crippen LogP contribution in [0.2, 0.25) is 0 Å². The van der Waals surface area contributed by atoms with Crippen molar-refractivity contribution in [3.05, 3.63) is 59.7 Å². The summed E-state index contributed by atoms with van der Waals surface area (Å²) in [5.41, 5.74) is 1.33. The predicted octanol–water partition coefficient (Wildman–Crippen LogP) is 2.21. The Balaban J connectivity index is 1.60. The van der Waals surface area contributed by atoms with Crippen LogP contribution < -0.4 is 15.4 Å². The van der Waals surface area contributed by atoms with Crippen LogP contribution in [0.15, 0.2) is 48.5 Å². The van der Waals surface area contributed by atoms with Gasteiger partial charge in [-0.25, -0.2) is 4.79 Å². The Labute approximate surface area is 162 Å². The molecule has 3 N–H and O–H groups in total. The molecule has 1 aliphatic rings. The number of carbonyl (C=O) groups is 2. The van der Waals surface area contributed by atoms with Gasteiger partial charge in [0.1, 0.15) is 17.5 Å². The van der Waals surface area contributed by atoms with Crippen molar-refractivity contribution >= 4 is 11.9 Å². The quantitative estimate of drug-likeness (QED) is 0.680. The summed E-state index contributed by atoms with van der Waals surface area (Å²) in [6, 6.07) is 14.5. The van der Waals surface area contributed by atoms with Gasteiger partial charge in [0, 0.05) is 6.42 Å². The standard InChI is InChI=1S/C21H21N3O4/c22-13-15-5-9-17(10-6-15)28-16-7-3-14(4-8-16)12-19(21(26)27)24-20(25)18-2-1-11-23-18/h3-10,18-19,23H,1-2,11-12H2,(H,24,25)(H,26,27)/t18-,19-/m0/s1. The van der Waals surface area contributed by atoms with Gasteiger partial charge in [-0.2, -0.15) is 5.26 Å². The fourth-order valence-electron chi connectivity index (χ4n) is 3.04. The highest BCUT2D eigenvalue weighted by molar-refractivity contribution is 5.87. The molecule has 0 aliphatic carbocycles. The molecule has 1 amide bonds. The van der Waals surface area contributed by atoms with Crippen molar-refractivity contribution in [2.24, 2.45) is 0 Å². The summed E-state index contributed by atoms with van der Waals surface area (Å²) in [5, 5.41) is 23.9. The van der Waals surface area contributed by atoms with E-state index in [0.717, 1.165) is 24.9 Å². The van der Waals surface area contributed by atoms with Gasteiger partial charge in [-0.15, -0.1) is 0 Å². The van der Waals surface area contributed by atoms with Gasteiger partial charge >= 0.3 is 5.97 Å². The SMILES string of the molecule is N#Cc1ccc(Oc2ccc(C[C@H](NC(=O)[C@@H]3CCCN3)C(=O)O)cc2)cc1. The summed E-state index contributed by atoms with van der Waals surface area (Å²) >= 11 is 0. The summed E-state index contributed by atoms with van der Waals surface area (Å²) in [7, 11) is 0. The zero-order valence-electron chi connectivity index (χ0n) is 15.2. The van der Waals surface area contributed by atoms with Gasteiger partial charge in [0.15, 0.2) is 0 Å². The highest BCUT2D eigenvalue weighted by atomic mass is 16.5. The lowest BCUT2D eigenvalue weighted by Crippen LogP contribution is -2.49. The van der Waals surface area contributed by atoms with E-state index in [0.29, 0.717) is 17.1 Å². The molecule has 0 saturated carbocycles. The molecule has 2 aromatic carbocycles.